The first-order valence-electron chi connectivity index (χ1n) is 7.34. The predicted molar refractivity (Wildman–Crippen MR) is 80.5 cm³/mol. The van der Waals surface area contributed by atoms with Gasteiger partial charge in [0.1, 0.15) is 0 Å². The fraction of sp³-hybridized carbons (Fsp3) is 0.625. The average molecular weight is 282 g/mol. The molecule has 1 aliphatic carbocycles. The SMILES string of the molecule is CCC(NCC1(O)CCCCC1)c1cccc(Cl)c1. The van der Waals surface area contributed by atoms with Crippen LogP contribution in [0.5, 0.6) is 0 Å². The number of hydrogen-bond acceptors (Lipinski definition) is 2. The molecule has 0 radical (unpaired) electrons. The van der Waals surface area contributed by atoms with Gasteiger partial charge < -0.3 is 10.4 Å². The van der Waals surface area contributed by atoms with Crippen molar-refractivity contribution in [2.24, 2.45) is 0 Å². The number of halogens is 1. The highest BCUT2D eigenvalue weighted by Gasteiger charge is 2.29. The van der Waals surface area contributed by atoms with Crippen molar-refractivity contribution in [3.8, 4) is 0 Å². The summed E-state index contributed by atoms with van der Waals surface area (Å²) in [6, 6.07) is 8.25. The van der Waals surface area contributed by atoms with Crippen molar-refractivity contribution in [1.29, 1.82) is 0 Å². The Morgan fingerprint density at radius 3 is 2.68 bits per heavy atom. The van der Waals surface area contributed by atoms with Gasteiger partial charge in [-0.1, -0.05) is 49.9 Å². The van der Waals surface area contributed by atoms with E-state index in [9.17, 15) is 5.11 Å². The van der Waals surface area contributed by atoms with Crippen molar-refractivity contribution in [2.45, 2.75) is 57.1 Å². The van der Waals surface area contributed by atoms with E-state index in [2.05, 4.69) is 18.3 Å². The van der Waals surface area contributed by atoms with Crippen molar-refractivity contribution >= 4 is 11.6 Å². The fourth-order valence-electron chi connectivity index (χ4n) is 2.92. The molecule has 0 bridgehead atoms. The van der Waals surface area contributed by atoms with Gasteiger partial charge in [0, 0.05) is 17.6 Å². The van der Waals surface area contributed by atoms with E-state index in [1.54, 1.807) is 0 Å². The van der Waals surface area contributed by atoms with E-state index in [0.717, 1.165) is 37.1 Å². The molecule has 2 nitrogen and oxygen atoms in total. The van der Waals surface area contributed by atoms with Crippen LogP contribution >= 0.6 is 11.6 Å². The first-order chi connectivity index (χ1) is 9.13. The Balaban J connectivity index is 1.95. The summed E-state index contributed by atoms with van der Waals surface area (Å²) in [6.45, 7) is 2.83. The van der Waals surface area contributed by atoms with Crippen LogP contribution in [0.15, 0.2) is 24.3 Å². The second-order valence-electron chi connectivity index (χ2n) is 5.68. The van der Waals surface area contributed by atoms with Gasteiger partial charge in [-0.15, -0.1) is 0 Å². The van der Waals surface area contributed by atoms with E-state index in [1.165, 1.54) is 12.0 Å². The normalized spacial score (nSPS) is 20.2. The van der Waals surface area contributed by atoms with E-state index in [-0.39, 0.29) is 6.04 Å². The van der Waals surface area contributed by atoms with Gasteiger partial charge in [0.25, 0.3) is 0 Å². The quantitative estimate of drug-likeness (QED) is 0.852. The molecule has 0 saturated heterocycles. The summed E-state index contributed by atoms with van der Waals surface area (Å²) >= 11 is 6.04. The van der Waals surface area contributed by atoms with Crippen LogP contribution in [0.3, 0.4) is 0 Å². The minimum Gasteiger partial charge on any atom is -0.389 e. The van der Waals surface area contributed by atoms with Crippen LogP contribution in [0, 0.1) is 0 Å². The molecular weight excluding hydrogens is 258 g/mol. The minimum absolute atomic E-state index is 0.268. The fourth-order valence-corrected chi connectivity index (χ4v) is 3.12. The third-order valence-electron chi connectivity index (χ3n) is 4.12. The molecule has 0 spiro atoms. The molecule has 106 valence electrons. The molecule has 1 aromatic carbocycles. The zero-order chi connectivity index (χ0) is 13.7. The van der Waals surface area contributed by atoms with Crippen LogP contribution in [0.2, 0.25) is 5.02 Å². The van der Waals surface area contributed by atoms with E-state index < -0.39 is 5.60 Å². The lowest BCUT2D eigenvalue weighted by Crippen LogP contribution is -2.43. The average Bonchev–Trinajstić information content (AvgIpc) is 2.40. The second kappa shape index (κ2) is 6.74. The van der Waals surface area contributed by atoms with Crippen molar-refractivity contribution in [1.82, 2.24) is 5.32 Å². The number of benzene rings is 1. The van der Waals surface area contributed by atoms with E-state index >= 15 is 0 Å². The molecule has 1 fully saturated rings. The molecule has 0 amide bonds. The molecule has 1 unspecified atom stereocenters. The maximum absolute atomic E-state index is 10.5. The molecule has 0 heterocycles. The summed E-state index contributed by atoms with van der Waals surface area (Å²) in [7, 11) is 0. The topological polar surface area (TPSA) is 32.3 Å². The van der Waals surface area contributed by atoms with Gasteiger partial charge >= 0.3 is 0 Å². The summed E-state index contributed by atoms with van der Waals surface area (Å²) < 4.78 is 0. The predicted octanol–water partition coefficient (Wildman–Crippen LogP) is 4.08. The summed E-state index contributed by atoms with van der Waals surface area (Å²) in [5, 5.41) is 14.8. The third-order valence-corrected chi connectivity index (χ3v) is 4.36. The van der Waals surface area contributed by atoms with E-state index in [0.29, 0.717) is 6.54 Å². The van der Waals surface area contributed by atoms with Crippen molar-refractivity contribution in [2.75, 3.05) is 6.54 Å². The molecule has 1 atom stereocenters. The first-order valence-corrected chi connectivity index (χ1v) is 7.72. The Morgan fingerprint density at radius 1 is 1.32 bits per heavy atom. The number of rotatable bonds is 5. The van der Waals surface area contributed by atoms with Gasteiger partial charge in [0.15, 0.2) is 0 Å². The maximum atomic E-state index is 10.5. The van der Waals surface area contributed by atoms with Crippen LogP contribution < -0.4 is 5.32 Å². The van der Waals surface area contributed by atoms with Gasteiger partial charge in [-0.25, -0.2) is 0 Å². The molecule has 1 saturated carbocycles. The second-order valence-corrected chi connectivity index (χ2v) is 6.12. The smallest absolute Gasteiger partial charge is 0.0771 e. The van der Waals surface area contributed by atoms with Crippen LogP contribution in [0.25, 0.3) is 0 Å². The zero-order valence-electron chi connectivity index (χ0n) is 11.7. The monoisotopic (exact) mass is 281 g/mol. The standard InChI is InChI=1S/C16H24ClNO/c1-2-15(13-7-6-8-14(17)11-13)18-12-16(19)9-4-3-5-10-16/h6-8,11,15,18-19H,2-5,9-10,12H2,1H3. The van der Waals surface area contributed by atoms with E-state index in [1.807, 2.05) is 18.2 Å². The number of nitrogens with one attached hydrogen (secondary N) is 1. The lowest BCUT2D eigenvalue weighted by atomic mass is 9.84. The molecule has 1 aliphatic rings. The highest BCUT2D eigenvalue weighted by atomic mass is 35.5. The highest BCUT2D eigenvalue weighted by Crippen LogP contribution is 2.28. The Morgan fingerprint density at radius 2 is 2.05 bits per heavy atom. The number of aliphatic hydroxyl groups is 1. The van der Waals surface area contributed by atoms with Crippen molar-refractivity contribution < 1.29 is 5.11 Å². The maximum Gasteiger partial charge on any atom is 0.0771 e. The van der Waals surface area contributed by atoms with Crippen LogP contribution in [-0.4, -0.2) is 17.3 Å². The largest absolute Gasteiger partial charge is 0.389 e. The lowest BCUT2D eigenvalue weighted by molar-refractivity contribution is 0.00248. The number of hydrogen-bond donors (Lipinski definition) is 2. The molecular formula is C16H24ClNO. The van der Waals surface area contributed by atoms with Crippen LogP contribution in [0.4, 0.5) is 0 Å². The minimum atomic E-state index is -0.510. The Bertz CT molecular complexity index is 401. The van der Waals surface area contributed by atoms with Gasteiger partial charge in [-0.05, 0) is 37.0 Å². The Kier molecular flexibility index (Phi) is 5.26. The summed E-state index contributed by atoms with van der Waals surface area (Å²) in [5.41, 5.74) is 0.693. The first kappa shape index (κ1) is 14.8. The molecule has 1 aromatic rings. The highest BCUT2D eigenvalue weighted by molar-refractivity contribution is 6.30. The summed E-state index contributed by atoms with van der Waals surface area (Å²) in [4.78, 5) is 0. The molecule has 3 heteroatoms. The van der Waals surface area contributed by atoms with Crippen LogP contribution in [-0.2, 0) is 0 Å². The zero-order valence-corrected chi connectivity index (χ0v) is 12.4. The van der Waals surface area contributed by atoms with Gasteiger partial charge in [0.05, 0.1) is 5.60 Å². The van der Waals surface area contributed by atoms with Gasteiger partial charge in [-0.3, -0.25) is 0 Å². The molecule has 0 aromatic heterocycles. The molecule has 19 heavy (non-hydrogen) atoms. The van der Waals surface area contributed by atoms with Crippen molar-refractivity contribution in [3.63, 3.8) is 0 Å². The molecule has 2 N–H and O–H groups in total. The third kappa shape index (κ3) is 4.20. The van der Waals surface area contributed by atoms with Gasteiger partial charge in [0.2, 0.25) is 0 Å². The Labute approximate surface area is 121 Å². The van der Waals surface area contributed by atoms with Crippen LogP contribution in [0.1, 0.15) is 57.1 Å². The van der Waals surface area contributed by atoms with Crippen molar-refractivity contribution in [3.05, 3.63) is 34.9 Å². The van der Waals surface area contributed by atoms with Gasteiger partial charge in [-0.2, -0.15) is 0 Å². The summed E-state index contributed by atoms with van der Waals surface area (Å²) in [6.07, 6.45) is 6.39. The Hall–Kier alpha value is -0.570. The van der Waals surface area contributed by atoms with E-state index in [4.69, 9.17) is 11.6 Å². The molecule has 2 rings (SSSR count). The summed E-state index contributed by atoms with van der Waals surface area (Å²) in [5.74, 6) is 0. The molecule has 0 aliphatic heterocycles. The lowest BCUT2D eigenvalue weighted by Gasteiger charge is -2.34.